The Morgan fingerprint density at radius 1 is 0.690 bits per heavy atom. The van der Waals surface area contributed by atoms with Gasteiger partial charge in [-0.15, -0.1) is 0 Å². The third kappa shape index (κ3) is 6.88. The maximum Gasteiger partial charge on any atom is 0.0488 e. The molecule has 0 saturated heterocycles. The second kappa shape index (κ2) is 14.0. The highest BCUT2D eigenvalue weighted by atomic mass is 15.1. The Balaban J connectivity index is 1.36. The van der Waals surface area contributed by atoms with E-state index in [0.29, 0.717) is 5.92 Å². The standard InChI is InChI=1S/C40H46N2/c1-2-3-4-8-16-32-25-26-38-37(27-32)40-36(23-15-24-39(40)42(38)30-35-21-13-7-14-22-35)31-41(28-33-17-9-5-10-18-33)29-34-19-11-6-12-20-34/h5-7,9-14,17-22,25-27,36H,2-4,8,15-16,23-24,28-31H2,1H3. The molecule has 0 N–H and O–H groups in total. The molecule has 0 radical (unpaired) electrons. The number of hydrogen-bond donors (Lipinski definition) is 0. The lowest BCUT2D eigenvalue weighted by Crippen LogP contribution is -2.30. The van der Waals surface area contributed by atoms with Crippen LogP contribution >= 0.6 is 0 Å². The van der Waals surface area contributed by atoms with E-state index in [0.717, 1.165) is 26.2 Å². The molecule has 0 bridgehead atoms. The first-order chi connectivity index (χ1) is 20.8. The number of fused-ring (bicyclic) bond motifs is 3. The van der Waals surface area contributed by atoms with Crippen LogP contribution in [-0.2, 0) is 32.5 Å². The third-order valence-corrected chi connectivity index (χ3v) is 9.13. The predicted octanol–water partition coefficient (Wildman–Crippen LogP) is 9.93. The van der Waals surface area contributed by atoms with Crippen molar-refractivity contribution in [2.45, 2.75) is 83.8 Å². The smallest absolute Gasteiger partial charge is 0.0488 e. The van der Waals surface area contributed by atoms with Gasteiger partial charge in [0, 0.05) is 42.8 Å². The zero-order chi connectivity index (χ0) is 28.6. The molecule has 216 valence electrons. The summed E-state index contributed by atoms with van der Waals surface area (Å²) in [6.07, 6.45) is 10.1. The fourth-order valence-electron chi connectivity index (χ4n) is 7.09. The van der Waals surface area contributed by atoms with Crippen LogP contribution in [0.2, 0.25) is 0 Å². The number of unbranched alkanes of at least 4 members (excludes halogenated alkanes) is 3. The quantitative estimate of drug-likeness (QED) is 0.131. The van der Waals surface area contributed by atoms with Crippen LogP contribution in [0.5, 0.6) is 0 Å². The van der Waals surface area contributed by atoms with E-state index in [4.69, 9.17) is 0 Å². The van der Waals surface area contributed by atoms with Crippen LogP contribution in [0, 0.1) is 0 Å². The molecular formula is C40H46N2. The Morgan fingerprint density at radius 2 is 1.33 bits per heavy atom. The van der Waals surface area contributed by atoms with Gasteiger partial charge >= 0.3 is 0 Å². The van der Waals surface area contributed by atoms with Gasteiger partial charge in [-0.2, -0.15) is 0 Å². The molecular weight excluding hydrogens is 508 g/mol. The number of benzene rings is 4. The first kappa shape index (κ1) is 28.5. The van der Waals surface area contributed by atoms with Crippen LogP contribution in [0.4, 0.5) is 0 Å². The van der Waals surface area contributed by atoms with Crippen LogP contribution in [-0.4, -0.2) is 16.0 Å². The van der Waals surface area contributed by atoms with E-state index >= 15 is 0 Å². The summed E-state index contributed by atoms with van der Waals surface area (Å²) < 4.78 is 2.66. The minimum absolute atomic E-state index is 0.538. The Kier molecular flexibility index (Phi) is 9.52. The van der Waals surface area contributed by atoms with E-state index in [1.54, 1.807) is 11.3 Å². The highest BCUT2D eigenvalue weighted by Crippen LogP contribution is 2.41. The van der Waals surface area contributed by atoms with Gasteiger partial charge in [0.15, 0.2) is 0 Å². The number of nitrogens with zero attached hydrogens (tertiary/aromatic N) is 2. The van der Waals surface area contributed by atoms with Gasteiger partial charge in [-0.1, -0.05) is 123 Å². The average Bonchev–Trinajstić information content (AvgIpc) is 3.34. The Labute approximate surface area is 253 Å². The molecule has 0 fully saturated rings. The lowest BCUT2D eigenvalue weighted by Gasteiger charge is -2.31. The molecule has 42 heavy (non-hydrogen) atoms. The fraction of sp³-hybridized carbons (Fsp3) is 0.350. The topological polar surface area (TPSA) is 8.17 Å². The molecule has 1 heterocycles. The first-order valence-electron chi connectivity index (χ1n) is 16.3. The Morgan fingerprint density at radius 3 is 1.98 bits per heavy atom. The first-order valence-corrected chi connectivity index (χ1v) is 16.3. The number of hydrogen-bond acceptors (Lipinski definition) is 1. The zero-order valence-corrected chi connectivity index (χ0v) is 25.3. The van der Waals surface area contributed by atoms with E-state index < -0.39 is 0 Å². The van der Waals surface area contributed by atoms with Gasteiger partial charge in [-0.3, -0.25) is 4.90 Å². The molecule has 0 aliphatic heterocycles. The lowest BCUT2D eigenvalue weighted by molar-refractivity contribution is 0.231. The Bertz CT molecular complexity index is 1490. The molecule has 1 aliphatic rings. The summed E-state index contributed by atoms with van der Waals surface area (Å²) in [5, 5.41) is 1.51. The zero-order valence-electron chi connectivity index (χ0n) is 25.3. The highest BCUT2D eigenvalue weighted by Gasteiger charge is 2.29. The molecule has 0 amide bonds. The van der Waals surface area contributed by atoms with Gasteiger partial charge in [0.2, 0.25) is 0 Å². The minimum Gasteiger partial charge on any atom is -0.340 e. The molecule has 2 nitrogen and oxygen atoms in total. The van der Waals surface area contributed by atoms with Crippen molar-refractivity contribution in [2.24, 2.45) is 0 Å². The van der Waals surface area contributed by atoms with Crippen molar-refractivity contribution in [3.63, 3.8) is 0 Å². The number of rotatable bonds is 13. The van der Waals surface area contributed by atoms with Gasteiger partial charge in [-0.05, 0) is 78.0 Å². The van der Waals surface area contributed by atoms with E-state index in [2.05, 4.69) is 126 Å². The molecule has 0 spiro atoms. The van der Waals surface area contributed by atoms with Gasteiger partial charge in [-0.25, -0.2) is 0 Å². The molecule has 1 unspecified atom stereocenters. The Hall–Kier alpha value is -3.62. The van der Waals surface area contributed by atoms with E-state index in [-0.39, 0.29) is 0 Å². The van der Waals surface area contributed by atoms with Crippen molar-refractivity contribution in [1.82, 2.24) is 9.47 Å². The van der Waals surface area contributed by atoms with Crippen molar-refractivity contribution >= 4 is 10.9 Å². The molecule has 1 atom stereocenters. The van der Waals surface area contributed by atoms with Crippen molar-refractivity contribution in [3.8, 4) is 0 Å². The summed E-state index contributed by atoms with van der Waals surface area (Å²) in [7, 11) is 0. The summed E-state index contributed by atoms with van der Waals surface area (Å²) in [6.45, 7) is 6.29. The summed E-state index contributed by atoms with van der Waals surface area (Å²) >= 11 is 0. The van der Waals surface area contributed by atoms with Crippen LogP contribution in [0.25, 0.3) is 10.9 Å². The van der Waals surface area contributed by atoms with Crippen molar-refractivity contribution in [1.29, 1.82) is 0 Å². The molecule has 1 aromatic heterocycles. The maximum absolute atomic E-state index is 2.69. The average molecular weight is 555 g/mol. The molecule has 1 aliphatic carbocycles. The molecule has 6 rings (SSSR count). The highest BCUT2D eigenvalue weighted by molar-refractivity contribution is 5.87. The second-order valence-corrected chi connectivity index (χ2v) is 12.3. The summed E-state index contributed by atoms with van der Waals surface area (Å²) in [5.41, 5.74) is 10.3. The van der Waals surface area contributed by atoms with E-state index in [1.165, 1.54) is 84.5 Å². The van der Waals surface area contributed by atoms with Crippen LogP contribution < -0.4 is 0 Å². The van der Waals surface area contributed by atoms with Crippen molar-refractivity contribution in [3.05, 3.63) is 143 Å². The number of aryl methyl sites for hydroxylation is 1. The monoisotopic (exact) mass is 554 g/mol. The lowest BCUT2D eigenvalue weighted by atomic mass is 9.84. The summed E-state index contributed by atoms with van der Waals surface area (Å²) in [5.74, 6) is 0.538. The summed E-state index contributed by atoms with van der Waals surface area (Å²) in [4.78, 5) is 2.69. The van der Waals surface area contributed by atoms with Gasteiger partial charge in [0.05, 0.1) is 0 Å². The van der Waals surface area contributed by atoms with Crippen LogP contribution in [0.3, 0.4) is 0 Å². The predicted molar refractivity (Wildman–Crippen MR) is 178 cm³/mol. The fourth-order valence-corrected chi connectivity index (χ4v) is 7.09. The van der Waals surface area contributed by atoms with Crippen LogP contribution in [0.15, 0.2) is 109 Å². The third-order valence-electron chi connectivity index (χ3n) is 9.13. The minimum atomic E-state index is 0.538. The second-order valence-electron chi connectivity index (χ2n) is 12.3. The maximum atomic E-state index is 2.69. The molecule has 0 saturated carbocycles. The normalized spacial score (nSPS) is 14.9. The van der Waals surface area contributed by atoms with E-state index in [1.807, 2.05) is 0 Å². The largest absolute Gasteiger partial charge is 0.340 e. The summed E-state index contributed by atoms with van der Waals surface area (Å²) in [6, 6.07) is 40.5. The molecule has 5 aromatic rings. The van der Waals surface area contributed by atoms with Crippen molar-refractivity contribution < 1.29 is 0 Å². The van der Waals surface area contributed by atoms with Gasteiger partial charge < -0.3 is 4.57 Å². The number of aromatic nitrogens is 1. The molecule has 4 aromatic carbocycles. The van der Waals surface area contributed by atoms with E-state index in [9.17, 15) is 0 Å². The van der Waals surface area contributed by atoms with Gasteiger partial charge in [0.1, 0.15) is 0 Å². The van der Waals surface area contributed by atoms with Crippen molar-refractivity contribution in [2.75, 3.05) is 6.54 Å². The van der Waals surface area contributed by atoms with Gasteiger partial charge in [0.25, 0.3) is 0 Å². The SMILES string of the molecule is CCCCCCc1ccc2c(c1)c1c(n2Cc2ccccc2)CCCC1CN(Cc1ccccc1)Cc1ccccc1. The van der Waals surface area contributed by atoms with Crippen LogP contribution in [0.1, 0.15) is 84.9 Å². The molecule has 2 heteroatoms.